The summed E-state index contributed by atoms with van der Waals surface area (Å²) in [4.78, 5) is 20.8. The Hall–Kier alpha value is -1.75. The molecule has 0 bridgehead atoms. The molecule has 1 fully saturated rings. The van der Waals surface area contributed by atoms with Gasteiger partial charge in [0.2, 0.25) is 5.91 Å². The van der Waals surface area contributed by atoms with E-state index >= 15 is 0 Å². The number of nitrogens with zero attached hydrogens (tertiary/aromatic N) is 2. The zero-order chi connectivity index (χ0) is 15.4. The second-order valence-corrected chi connectivity index (χ2v) is 6.96. The molecule has 2 aromatic heterocycles. The predicted octanol–water partition coefficient (Wildman–Crippen LogP) is 3.44. The van der Waals surface area contributed by atoms with Crippen LogP contribution in [0.25, 0.3) is 10.6 Å². The lowest BCUT2D eigenvalue weighted by Crippen LogP contribution is -2.38. The molecule has 2 atom stereocenters. The van der Waals surface area contributed by atoms with Crippen molar-refractivity contribution in [2.75, 3.05) is 0 Å². The van der Waals surface area contributed by atoms with Crippen LogP contribution in [0.2, 0.25) is 0 Å². The molecule has 1 aliphatic carbocycles. The van der Waals surface area contributed by atoms with Crippen LogP contribution in [0.15, 0.2) is 29.9 Å². The highest BCUT2D eigenvalue weighted by molar-refractivity contribution is 7.13. The number of hydrogen-bond donors (Lipinski definition) is 1. The molecule has 1 amide bonds. The molecule has 2 heterocycles. The van der Waals surface area contributed by atoms with Crippen molar-refractivity contribution in [1.82, 2.24) is 15.3 Å². The first-order valence-corrected chi connectivity index (χ1v) is 8.73. The summed E-state index contributed by atoms with van der Waals surface area (Å²) in [6.45, 7) is 2.26. The smallest absolute Gasteiger partial charge is 0.226 e. The van der Waals surface area contributed by atoms with Gasteiger partial charge in [0.25, 0.3) is 0 Å². The van der Waals surface area contributed by atoms with Crippen molar-refractivity contribution in [2.24, 2.45) is 5.92 Å². The van der Waals surface area contributed by atoms with E-state index in [1.165, 1.54) is 12.8 Å². The molecule has 2 unspecified atom stereocenters. The van der Waals surface area contributed by atoms with Gasteiger partial charge < -0.3 is 5.32 Å². The minimum Gasteiger partial charge on any atom is -0.353 e. The van der Waals surface area contributed by atoms with E-state index in [1.807, 2.05) is 17.5 Å². The van der Waals surface area contributed by atoms with E-state index in [9.17, 15) is 4.79 Å². The summed E-state index contributed by atoms with van der Waals surface area (Å²) in [5.41, 5.74) is 1.84. The highest BCUT2D eigenvalue weighted by Crippen LogP contribution is 2.24. The van der Waals surface area contributed by atoms with Gasteiger partial charge in [-0.3, -0.25) is 9.78 Å². The standard InChI is InChI=1S/C17H21N3OS/c1-12-4-2-6-14(8-12)19-16(21)9-15-11-22-17(20-15)13-5-3-7-18-10-13/h3,5,7,10-12,14H,2,4,6,8-9H2,1H3,(H,19,21). The number of aromatic nitrogens is 2. The van der Waals surface area contributed by atoms with Gasteiger partial charge >= 0.3 is 0 Å². The lowest BCUT2D eigenvalue weighted by molar-refractivity contribution is -0.121. The van der Waals surface area contributed by atoms with E-state index in [0.717, 1.165) is 35.0 Å². The fourth-order valence-corrected chi connectivity index (χ4v) is 3.83. The lowest BCUT2D eigenvalue weighted by Gasteiger charge is -2.27. The Morgan fingerprint density at radius 2 is 2.36 bits per heavy atom. The fourth-order valence-electron chi connectivity index (χ4n) is 3.02. The molecule has 4 nitrogen and oxygen atoms in total. The molecule has 0 saturated heterocycles. The molecule has 1 N–H and O–H groups in total. The first-order valence-electron chi connectivity index (χ1n) is 7.85. The molecule has 0 aliphatic heterocycles. The second kappa shape index (κ2) is 7.01. The van der Waals surface area contributed by atoms with Crippen molar-refractivity contribution >= 4 is 17.2 Å². The summed E-state index contributed by atoms with van der Waals surface area (Å²) >= 11 is 1.56. The average molecular weight is 315 g/mol. The topological polar surface area (TPSA) is 54.9 Å². The van der Waals surface area contributed by atoms with Crippen LogP contribution in [-0.4, -0.2) is 21.9 Å². The van der Waals surface area contributed by atoms with Gasteiger partial charge in [0.1, 0.15) is 5.01 Å². The number of pyridine rings is 1. The minimum absolute atomic E-state index is 0.0853. The zero-order valence-corrected chi connectivity index (χ0v) is 13.6. The molecular weight excluding hydrogens is 294 g/mol. The van der Waals surface area contributed by atoms with Gasteiger partial charge in [0.15, 0.2) is 0 Å². The number of nitrogens with one attached hydrogen (secondary N) is 1. The molecule has 116 valence electrons. The van der Waals surface area contributed by atoms with Gasteiger partial charge in [0.05, 0.1) is 12.1 Å². The van der Waals surface area contributed by atoms with Crippen molar-refractivity contribution in [1.29, 1.82) is 0 Å². The van der Waals surface area contributed by atoms with Crippen LogP contribution in [0.4, 0.5) is 0 Å². The number of carbonyl (C=O) groups is 1. The fraction of sp³-hybridized carbons (Fsp3) is 0.471. The first-order chi connectivity index (χ1) is 10.7. The first kappa shape index (κ1) is 15.2. The van der Waals surface area contributed by atoms with Crippen LogP contribution < -0.4 is 5.32 Å². The van der Waals surface area contributed by atoms with E-state index in [2.05, 4.69) is 22.2 Å². The third-order valence-corrected chi connectivity index (χ3v) is 5.04. The van der Waals surface area contributed by atoms with Crippen molar-refractivity contribution in [3.8, 4) is 10.6 Å². The van der Waals surface area contributed by atoms with Crippen LogP contribution in [0, 0.1) is 5.92 Å². The normalized spacial score (nSPS) is 21.5. The molecule has 1 saturated carbocycles. The van der Waals surface area contributed by atoms with Crippen LogP contribution in [0.3, 0.4) is 0 Å². The van der Waals surface area contributed by atoms with Crippen LogP contribution >= 0.6 is 11.3 Å². The number of thiazole rings is 1. The van der Waals surface area contributed by atoms with Crippen molar-refractivity contribution in [3.05, 3.63) is 35.6 Å². The quantitative estimate of drug-likeness (QED) is 0.940. The molecule has 1 aliphatic rings. The summed E-state index contributed by atoms with van der Waals surface area (Å²) in [7, 11) is 0. The maximum atomic E-state index is 12.2. The van der Waals surface area contributed by atoms with Crippen LogP contribution in [0.1, 0.15) is 38.3 Å². The third kappa shape index (κ3) is 3.91. The molecule has 0 radical (unpaired) electrons. The monoisotopic (exact) mass is 315 g/mol. The van der Waals surface area contributed by atoms with Gasteiger partial charge in [-0.05, 0) is 30.9 Å². The molecule has 0 aromatic carbocycles. The van der Waals surface area contributed by atoms with Crippen molar-refractivity contribution in [2.45, 2.75) is 45.1 Å². The number of hydrogen-bond acceptors (Lipinski definition) is 4. The second-order valence-electron chi connectivity index (χ2n) is 6.10. The molecule has 22 heavy (non-hydrogen) atoms. The molecule has 0 spiro atoms. The molecular formula is C17H21N3OS. The number of carbonyl (C=O) groups excluding carboxylic acids is 1. The average Bonchev–Trinajstić information content (AvgIpc) is 2.96. The Kier molecular flexibility index (Phi) is 4.83. The Morgan fingerprint density at radius 3 is 3.14 bits per heavy atom. The molecule has 2 aromatic rings. The highest BCUT2D eigenvalue weighted by Gasteiger charge is 2.20. The van der Waals surface area contributed by atoms with Crippen LogP contribution in [-0.2, 0) is 11.2 Å². The molecule has 5 heteroatoms. The number of amides is 1. The van der Waals surface area contributed by atoms with Gasteiger partial charge in [-0.2, -0.15) is 0 Å². The summed E-state index contributed by atoms with van der Waals surface area (Å²) in [6, 6.07) is 4.22. The maximum absolute atomic E-state index is 12.2. The Morgan fingerprint density at radius 1 is 1.45 bits per heavy atom. The summed E-state index contributed by atoms with van der Waals surface area (Å²) in [5.74, 6) is 0.803. The number of rotatable bonds is 4. The largest absolute Gasteiger partial charge is 0.353 e. The SMILES string of the molecule is CC1CCCC(NC(=O)Cc2csc(-c3cccnc3)n2)C1. The lowest BCUT2D eigenvalue weighted by atomic mass is 9.87. The Bertz CT molecular complexity index is 626. The highest BCUT2D eigenvalue weighted by atomic mass is 32.1. The van der Waals surface area contributed by atoms with Gasteiger partial charge in [0, 0.05) is 29.4 Å². The van der Waals surface area contributed by atoms with Gasteiger partial charge in [-0.25, -0.2) is 4.98 Å². The summed E-state index contributed by atoms with van der Waals surface area (Å²) < 4.78 is 0. The van der Waals surface area contributed by atoms with E-state index in [0.29, 0.717) is 12.5 Å². The maximum Gasteiger partial charge on any atom is 0.226 e. The third-order valence-electron chi connectivity index (χ3n) is 4.10. The predicted molar refractivity (Wildman–Crippen MR) is 88.6 cm³/mol. The zero-order valence-electron chi connectivity index (χ0n) is 12.8. The Balaban J connectivity index is 1.57. The van der Waals surface area contributed by atoms with E-state index in [4.69, 9.17) is 0 Å². The van der Waals surface area contributed by atoms with E-state index < -0.39 is 0 Å². The Labute approximate surface area is 135 Å². The van der Waals surface area contributed by atoms with E-state index in [-0.39, 0.29) is 5.91 Å². The minimum atomic E-state index is 0.0853. The van der Waals surface area contributed by atoms with Crippen LogP contribution in [0.5, 0.6) is 0 Å². The molecule has 3 rings (SSSR count). The van der Waals surface area contributed by atoms with Crippen molar-refractivity contribution in [3.63, 3.8) is 0 Å². The summed E-state index contributed by atoms with van der Waals surface area (Å²) in [5, 5.41) is 6.04. The van der Waals surface area contributed by atoms with Gasteiger partial charge in [-0.15, -0.1) is 11.3 Å². The van der Waals surface area contributed by atoms with E-state index in [1.54, 1.807) is 23.7 Å². The summed E-state index contributed by atoms with van der Waals surface area (Å²) in [6.07, 6.45) is 8.61. The van der Waals surface area contributed by atoms with Gasteiger partial charge in [-0.1, -0.05) is 19.8 Å². The van der Waals surface area contributed by atoms with Crippen molar-refractivity contribution < 1.29 is 4.79 Å².